The number of hydrogen-bond donors (Lipinski definition) is 3. The second kappa shape index (κ2) is 9.64. The summed E-state index contributed by atoms with van der Waals surface area (Å²) in [5.74, 6) is 0.243. The van der Waals surface area contributed by atoms with Gasteiger partial charge in [-0.3, -0.25) is 9.52 Å². The van der Waals surface area contributed by atoms with E-state index in [-0.39, 0.29) is 5.91 Å². The van der Waals surface area contributed by atoms with Gasteiger partial charge in [-0.15, -0.1) is 0 Å². The minimum atomic E-state index is -4.28. The van der Waals surface area contributed by atoms with Crippen LogP contribution < -0.4 is 19.7 Å². The molecule has 1 aliphatic heterocycles. The molecular weight excluding hydrogens is 456 g/mol. The van der Waals surface area contributed by atoms with Gasteiger partial charge in [0.15, 0.2) is 0 Å². The van der Waals surface area contributed by atoms with Gasteiger partial charge in [0, 0.05) is 18.5 Å². The van der Waals surface area contributed by atoms with Crippen molar-refractivity contribution in [1.29, 1.82) is 0 Å². The molecule has 0 saturated heterocycles. The molecule has 3 N–H and O–H groups in total. The average molecular weight is 497 g/mol. The van der Waals surface area contributed by atoms with Gasteiger partial charge in [-0.1, -0.05) is 34.6 Å². The first-order chi connectivity index (χ1) is 15.3. The Morgan fingerprint density at radius 3 is 2.12 bits per heavy atom. The molecule has 0 bridgehead atoms. The Bertz CT molecular complexity index is 1070. The van der Waals surface area contributed by atoms with Gasteiger partial charge in [-0.2, -0.15) is 8.42 Å². The van der Waals surface area contributed by atoms with Crippen LogP contribution in [-0.2, 0) is 26.2 Å². The molecule has 1 aromatic rings. The standard InChI is InChI=1S/C24H40N4O5S/c1-14(2)13-28-12-11-17-15(3)18(26-34(31,32)27-22(30)33-24(8,9)10)16(4)19(20(17)28)25-21(29)23(5,6)7/h14,26H,11-13H2,1-10H3,(H,25,29)(H,27,30). The third-order valence-electron chi connectivity index (χ3n) is 5.41. The fourth-order valence-electron chi connectivity index (χ4n) is 3.88. The zero-order valence-electron chi connectivity index (χ0n) is 22.1. The monoisotopic (exact) mass is 496 g/mol. The van der Waals surface area contributed by atoms with Crippen LogP contribution in [0.2, 0.25) is 0 Å². The second-order valence-electron chi connectivity index (χ2n) is 11.3. The van der Waals surface area contributed by atoms with Gasteiger partial charge in [0.1, 0.15) is 5.60 Å². The fourth-order valence-corrected chi connectivity index (χ4v) is 4.76. The maximum atomic E-state index is 12.9. The number of benzene rings is 1. The van der Waals surface area contributed by atoms with E-state index >= 15 is 0 Å². The first kappa shape index (κ1) is 27.8. The zero-order valence-corrected chi connectivity index (χ0v) is 22.9. The van der Waals surface area contributed by atoms with E-state index in [0.717, 1.165) is 36.3 Å². The Kier molecular flexibility index (Phi) is 7.87. The summed E-state index contributed by atoms with van der Waals surface area (Å²) in [5, 5.41) is 3.05. The molecule has 0 radical (unpaired) electrons. The third kappa shape index (κ3) is 6.77. The van der Waals surface area contributed by atoms with Crippen LogP contribution in [-0.4, -0.2) is 39.1 Å². The van der Waals surface area contributed by atoms with Gasteiger partial charge in [0.05, 0.1) is 17.1 Å². The summed E-state index contributed by atoms with van der Waals surface area (Å²) in [7, 11) is -4.28. The number of fused-ring (bicyclic) bond motifs is 1. The molecule has 1 aromatic carbocycles. The van der Waals surface area contributed by atoms with Gasteiger partial charge in [0.2, 0.25) is 5.91 Å². The van der Waals surface area contributed by atoms with Crippen LogP contribution in [0.15, 0.2) is 0 Å². The average Bonchev–Trinajstić information content (AvgIpc) is 3.02. The van der Waals surface area contributed by atoms with Gasteiger partial charge < -0.3 is 15.0 Å². The summed E-state index contributed by atoms with van der Waals surface area (Å²) >= 11 is 0. The van der Waals surface area contributed by atoms with E-state index in [0.29, 0.717) is 22.9 Å². The van der Waals surface area contributed by atoms with E-state index in [4.69, 9.17) is 4.74 Å². The van der Waals surface area contributed by atoms with Gasteiger partial charge in [0.25, 0.3) is 0 Å². The van der Waals surface area contributed by atoms with Crippen molar-refractivity contribution >= 4 is 39.3 Å². The highest BCUT2D eigenvalue weighted by atomic mass is 32.2. The van der Waals surface area contributed by atoms with Crippen molar-refractivity contribution in [2.24, 2.45) is 11.3 Å². The minimum Gasteiger partial charge on any atom is -0.443 e. The lowest BCUT2D eigenvalue weighted by atomic mass is 9.93. The number of rotatable bonds is 6. The quantitative estimate of drug-likeness (QED) is 0.534. The molecule has 2 amide bonds. The molecule has 10 heteroatoms. The van der Waals surface area contributed by atoms with Crippen molar-refractivity contribution in [3.05, 3.63) is 16.7 Å². The Morgan fingerprint density at radius 1 is 1.03 bits per heavy atom. The smallest absolute Gasteiger partial charge is 0.422 e. The van der Waals surface area contributed by atoms with Crippen LogP contribution in [0.1, 0.15) is 72.1 Å². The van der Waals surface area contributed by atoms with Crippen molar-refractivity contribution in [2.45, 2.75) is 81.3 Å². The van der Waals surface area contributed by atoms with Crippen molar-refractivity contribution in [2.75, 3.05) is 28.0 Å². The predicted octanol–water partition coefficient (Wildman–Crippen LogP) is 4.49. The number of carbonyl (C=O) groups is 2. The van der Waals surface area contributed by atoms with E-state index in [1.807, 2.05) is 32.4 Å². The van der Waals surface area contributed by atoms with Crippen LogP contribution in [0.25, 0.3) is 0 Å². The molecule has 192 valence electrons. The third-order valence-corrected chi connectivity index (χ3v) is 6.31. The molecule has 0 spiro atoms. The Hall–Kier alpha value is -2.49. The first-order valence-corrected chi connectivity index (χ1v) is 13.1. The molecule has 2 rings (SSSR count). The highest BCUT2D eigenvalue weighted by molar-refractivity contribution is 7.91. The number of hydrogen-bond acceptors (Lipinski definition) is 6. The number of amides is 2. The molecule has 0 aromatic heterocycles. The number of carbonyl (C=O) groups excluding carboxylic acids is 2. The maximum absolute atomic E-state index is 12.9. The topological polar surface area (TPSA) is 117 Å². The number of nitrogens with one attached hydrogen (secondary N) is 3. The Labute approximate surface area is 204 Å². The van der Waals surface area contributed by atoms with E-state index < -0.39 is 27.3 Å². The van der Waals surface area contributed by atoms with Crippen molar-refractivity contribution < 1.29 is 22.7 Å². The number of anilines is 3. The van der Waals surface area contributed by atoms with E-state index in [2.05, 4.69) is 28.8 Å². The van der Waals surface area contributed by atoms with Crippen LogP contribution in [0.4, 0.5) is 21.9 Å². The summed E-state index contributed by atoms with van der Waals surface area (Å²) in [4.78, 5) is 27.3. The molecule has 0 atom stereocenters. The van der Waals surface area contributed by atoms with Gasteiger partial charge >= 0.3 is 16.3 Å². The predicted molar refractivity (Wildman–Crippen MR) is 137 cm³/mol. The normalized spacial score (nSPS) is 14.1. The molecule has 9 nitrogen and oxygen atoms in total. The molecule has 0 saturated carbocycles. The lowest BCUT2D eigenvalue weighted by molar-refractivity contribution is -0.123. The van der Waals surface area contributed by atoms with Gasteiger partial charge in [-0.05, 0) is 63.6 Å². The van der Waals surface area contributed by atoms with E-state index in [9.17, 15) is 18.0 Å². The Morgan fingerprint density at radius 2 is 1.62 bits per heavy atom. The summed E-state index contributed by atoms with van der Waals surface area (Å²) < 4.78 is 35.0. The van der Waals surface area contributed by atoms with E-state index in [1.54, 1.807) is 27.7 Å². The SMILES string of the molecule is Cc1c2c(c(NC(=O)C(C)(C)C)c(C)c1NS(=O)(=O)NC(=O)OC(C)(C)C)N(CC(C)C)CC2. The van der Waals surface area contributed by atoms with Crippen LogP contribution in [0.5, 0.6) is 0 Å². The highest BCUT2D eigenvalue weighted by Gasteiger charge is 2.32. The second-order valence-corrected chi connectivity index (χ2v) is 12.7. The largest absolute Gasteiger partial charge is 0.443 e. The summed E-state index contributed by atoms with van der Waals surface area (Å²) in [6, 6.07) is 0. The molecule has 0 unspecified atom stereocenters. The molecule has 1 aliphatic rings. The molecule has 0 aliphatic carbocycles. The van der Waals surface area contributed by atoms with E-state index in [1.165, 1.54) is 0 Å². The first-order valence-electron chi connectivity index (χ1n) is 11.6. The lowest BCUT2D eigenvalue weighted by Gasteiger charge is -2.29. The highest BCUT2D eigenvalue weighted by Crippen LogP contribution is 2.45. The molecular formula is C24H40N4O5S. The number of ether oxygens (including phenoxy) is 1. The summed E-state index contributed by atoms with van der Waals surface area (Å²) in [6.07, 6.45) is -0.346. The molecule has 34 heavy (non-hydrogen) atoms. The maximum Gasteiger partial charge on any atom is 0.422 e. The van der Waals surface area contributed by atoms with Crippen molar-refractivity contribution in [3.63, 3.8) is 0 Å². The van der Waals surface area contributed by atoms with Crippen LogP contribution in [0.3, 0.4) is 0 Å². The lowest BCUT2D eigenvalue weighted by Crippen LogP contribution is -2.39. The summed E-state index contributed by atoms with van der Waals surface area (Å²) in [6.45, 7) is 19.9. The number of nitrogens with zero attached hydrogens (tertiary/aromatic N) is 1. The van der Waals surface area contributed by atoms with Crippen molar-refractivity contribution in [3.8, 4) is 0 Å². The fraction of sp³-hybridized carbons (Fsp3) is 0.667. The van der Waals surface area contributed by atoms with Gasteiger partial charge in [-0.25, -0.2) is 9.52 Å². The van der Waals surface area contributed by atoms with Crippen LogP contribution >= 0.6 is 0 Å². The molecule has 0 fully saturated rings. The van der Waals surface area contributed by atoms with Crippen LogP contribution in [0, 0.1) is 25.2 Å². The Balaban J connectivity index is 2.55. The summed E-state index contributed by atoms with van der Waals surface area (Å²) in [5.41, 5.74) is 2.71. The molecule has 1 heterocycles. The van der Waals surface area contributed by atoms with Crippen molar-refractivity contribution in [1.82, 2.24) is 4.72 Å². The minimum absolute atomic E-state index is 0.168. The zero-order chi connectivity index (χ0) is 26.2.